The van der Waals surface area contributed by atoms with Crippen LogP contribution in [0.1, 0.15) is 23.6 Å². The number of nitro groups is 1. The van der Waals surface area contributed by atoms with Crippen LogP contribution in [0.15, 0.2) is 114 Å². The van der Waals surface area contributed by atoms with Gasteiger partial charge >= 0.3 is 0 Å². The molecule has 0 aromatic heterocycles. The van der Waals surface area contributed by atoms with Crippen molar-refractivity contribution in [1.82, 2.24) is 10.2 Å². The molecule has 1 N–H and O–H groups in total. The monoisotopic (exact) mass is 614 g/mol. The number of non-ortho nitro benzene ring substituents is 1. The van der Waals surface area contributed by atoms with E-state index in [1.165, 1.54) is 41.3 Å². The molecule has 0 aliphatic carbocycles. The predicted molar refractivity (Wildman–Crippen MR) is 168 cm³/mol. The van der Waals surface area contributed by atoms with Crippen molar-refractivity contribution in [2.75, 3.05) is 17.4 Å². The summed E-state index contributed by atoms with van der Waals surface area (Å²) in [6, 6.07) is 28.4. The van der Waals surface area contributed by atoms with Crippen LogP contribution in [0.2, 0.25) is 0 Å². The Balaban J connectivity index is 1.80. The van der Waals surface area contributed by atoms with Crippen molar-refractivity contribution in [2.24, 2.45) is 0 Å². The van der Waals surface area contributed by atoms with E-state index in [1.54, 1.807) is 25.1 Å². The molecule has 228 valence electrons. The maximum absolute atomic E-state index is 14.3. The third-order valence-corrected chi connectivity index (χ3v) is 8.80. The molecule has 0 aliphatic heterocycles. The number of carbonyl (C=O) groups excluding carboxylic acids is 2. The number of hydrogen-bond donors (Lipinski definition) is 1. The van der Waals surface area contributed by atoms with Crippen molar-refractivity contribution in [2.45, 2.75) is 37.8 Å². The van der Waals surface area contributed by atoms with Crippen molar-refractivity contribution < 1.29 is 22.9 Å². The molecular weight excluding hydrogens is 580 g/mol. The van der Waals surface area contributed by atoms with Crippen LogP contribution >= 0.6 is 0 Å². The summed E-state index contributed by atoms with van der Waals surface area (Å²) in [6.45, 7) is 3.45. The van der Waals surface area contributed by atoms with Gasteiger partial charge in [-0.1, -0.05) is 78.4 Å². The molecule has 4 aromatic rings. The minimum Gasteiger partial charge on any atom is -0.355 e. The SMILES string of the molecule is CCNC(=O)C(Cc1ccccc1)N(Cc1cccc(C)c1)C(=O)CN(c1ccc([N+](=O)[O-])cc1)S(=O)(=O)c1ccccc1. The first-order chi connectivity index (χ1) is 21.1. The van der Waals surface area contributed by atoms with Crippen molar-refractivity contribution >= 4 is 33.2 Å². The lowest BCUT2D eigenvalue weighted by Crippen LogP contribution is -2.53. The van der Waals surface area contributed by atoms with Crippen molar-refractivity contribution in [3.05, 3.63) is 136 Å². The Hall–Kier alpha value is -5.03. The van der Waals surface area contributed by atoms with Gasteiger partial charge in [0.05, 0.1) is 15.5 Å². The normalized spacial score (nSPS) is 11.8. The number of nitrogens with one attached hydrogen (secondary N) is 1. The largest absolute Gasteiger partial charge is 0.355 e. The zero-order valence-electron chi connectivity index (χ0n) is 24.5. The Labute approximate surface area is 257 Å². The second-order valence-corrected chi connectivity index (χ2v) is 12.1. The average molecular weight is 615 g/mol. The van der Waals surface area contributed by atoms with Gasteiger partial charge in [0.25, 0.3) is 15.7 Å². The first-order valence-corrected chi connectivity index (χ1v) is 15.5. The molecule has 2 amide bonds. The van der Waals surface area contributed by atoms with E-state index in [4.69, 9.17) is 0 Å². The van der Waals surface area contributed by atoms with Crippen LogP contribution in [0.5, 0.6) is 0 Å². The minimum atomic E-state index is -4.30. The molecule has 0 bridgehead atoms. The van der Waals surface area contributed by atoms with Crippen LogP contribution in [0, 0.1) is 17.0 Å². The lowest BCUT2D eigenvalue weighted by Gasteiger charge is -2.34. The Bertz CT molecular complexity index is 1700. The Morgan fingerprint density at radius 2 is 1.48 bits per heavy atom. The predicted octanol–water partition coefficient (Wildman–Crippen LogP) is 4.87. The molecule has 10 nitrogen and oxygen atoms in total. The highest BCUT2D eigenvalue weighted by molar-refractivity contribution is 7.92. The zero-order valence-corrected chi connectivity index (χ0v) is 25.3. The van der Waals surface area contributed by atoms with Crippen LogP contribution < -0.4 is 9.62 Å². The molecule has 0 fully saturated rings. The van der Waals surface area contributed by atoms with Crippen molar-refractivity contribution in [3.63, 3.8) is 0 Å². The maximum atomic E-state index is 14.3. The molecule has 0 aliphatic rings. The molecule has 1 unspecified atom stereocenters. The fourth-order valence-electron chi connectivity index (χ4n) is 4.84. The minimum absolute atomic E-state index is 0.0502. The number of amides is 2. The van der Waals surface area contributed by atoms with E-state index < -0.39 is 33.4 Å². The average Bonchev–Trinajstić information content (AvgIpc) is 3.02. The molecule has 0 heterocycles. The highest BCUT2D eigenvalue weighted by atomic mass is 32.2. The van der Waals surface area contributed by atoms with Gasteiger partial charge in [-0.2, -0.15) is 0 Å². The number of carbonyl (C=O) groups is 2. The summed E-state index contributed by atoms with van der Waals surface area (Å²) in [5.41, 5.74) is 2.41. The van der Waals surface area contributed by atoms with E-state index >= 15 is 0 Å². The van der Waals surface area contributed by atoms with E-state index in [0.717, 1.165) is 21.0 Å². The van der Waals surface area contributed by atoms with Gasteiger partial charge in [0, 0.05) is 31.6 Å². The Morgan fingerprint density at radius 1 is 0.864 bits per heavy atom. The lowest BCUT2D eigenvalue weighted by molar-refractivity contribution is -0.384. The summed E-state index contributed by atoms with van der Waals surface area (Å²) < 4.78 is 28.8. The molecule has 0 saturated heterocycles. The number of hydrogen-bond acceptors (Lipinski definition) is 6. The highest BCUT2D eigenvalue weighted by Crippen LogP contribution is 2.27. The third-order valence-electron chi connectivity index (χ3n) is 7.02. The smallest absolute Gasteiger partial charge is 0.269 e. The number of aryl methyl sites for hydroxylation is 1. The maximum Gasteiger partial charge on any atom is 0.269 e. The van der Waals surface area contributed by atoms with Gasteiger partial charge in [-0.15, -0.1) is 0 Å². The number of nitrogens with zero attached hydrogens (tertiary/aromatic N) is 3. The summed E-state index contributed by atoms with van der Waals surface area (Å²) in [5.74, 6) is -0.985. The van der Waals surface area contributed by atoms with E-state index in [0.29, 0.717) is 6.54 Å². The number of anilines is 1. The van der Waals surface area contributed by atoms with Crippen LogP contribution in [0.3, 0.4) is 0 Å². The Kier molecular flexibility index (Phi) is 10.5. The van der Waals surface area contributed by atoms with E-state index in [9.17, 15) is 28.1 Å². The van der Waals surface area contributed by atoms with E-state index in [-0.39, 0.29) is 35.1 Å². The number of rotatable bonds is 13. The molecule has 44 heavy (non-hydrogen) atoms. The van der Waals surface area contributed by atoms with Crippen LogP contribution in [0.25, 0.3) is 0 Å². The van der Waals surface area contributed by atoms with Gasteiger partial charge in [-0.25, -0.2) is 8.42 Å². The summed E-state index contributed by atoms with van der Waals surface area (Å²) in [4.78, 5) is 39.9. The fraction of sp³-hybridized carbons (Fsp3) is 0.212. The van der Waals surface area contributed by atoms with Crippen LogP contribution in [0.4, 0.5) is 11.4 Å². The number of benzene rings is 4. The Morgan fingerprint density at radius 3 is 2.07 bits per heavy atom. The summed E-state index contributed by atoms with van der Waals surface area (Å²) in [5, 5.41) is 14.1. The first kappa shape index (κ1) is 31.9. The molecule has 4 aromatic carbocycles. The van der Waals surface area contributed by atoms with E-state index in [1.807, 2.05) is 61.5 Å². The molecule has 4 rings (SSSR count). The standard InChI is InChI=1S/C33H34N4O6S/c1-3-34-33(39)31(22-26-12-6-4-7-13-26)35(23-27-14-10-11-25(2)21-27)32(38)24-36(28-17-19-29(20-18-28)37(40)41)44(42,43)30-15-8-5-9-16-30/h4-21,31H,3,22-24H2,1-2H3,(H,34,39). The second kappa shape index (κ2) is 14.4. The van der Waals surface area contributed by atoms with Gasteiger partial charge in [0.1, 0.15) is 12.6 Å². The highest BCUT2D eigenvalue weighted by Gasteiger charge is 2.34. The van der Waals surface area contributed by atoms with Crippen molar-refractivity contribution in [1.29, 1.82) is 0 Å². The van der Waals surface area contributed by atoms with Crippen molar-refractivity contribution in [3.8, 4) is 0 Å². The molecule has 0 spiro atoms. The molecular formula is C33H34N4O6S. The number of nitro benzene ring substituents is 1. The molecule has 0 saturated carbocycles. The summed E-state index contributed by atoms with van der Waals surface area (Å²) in [6.07, 6.45) is 0.202. The second-order valence-electron chi connectivity index (χ2n) is 10.2. The van der Waals surface area contributed by atoms with Crippen LogP contribution in [-0.4, -0.2) is 49.2 Å². The summed E-state index contributed by atoms with van der Waals surface area (Å²) in [7, 11) is -4.30. The van der Waals surface area contributed by atoms with Gasteiger partial charge in [-0.05, 0) is 49.2 Å². The fourth-order valence-corrected chi connectivity index (χ4v) is 6.28. The van der Waals surface area contributed by atoms with Gasteiger partial charge < -0.3 is 10.2 Å². The van der Waals surface area contributed by atoms with Gasteiger partial charge in [0.2, 0.25) is 11.8 Å². The van der Waals surface area contributed by atoms with Gasteiger partial charge in [-0.3, -0.25) is 24.0 Å². The third kappa shape index (κ3) is 7.87. The number of likely N-dealkylation sites (N-methyl/N-ethyl adjacent to an activating group) is 1. The van der Waals surface area contributed by atoms with E-state index in [2.05, 4.69) is 5.32 Å². The lowest BCUT2D eigenvalue weighted by atomic mass is 10.0. The molecule has 11 heteroatoms. The zero-order chi connectivity index (χ0) is 31.7. The topological polar surface area (TPSA) is 130 Å². The molecule has 1 atom stereocenters. The van der Waals surface area contributed by atoms with Crippen LogP contribution in [-0.2, 0) is 32.6 Å². The first-order valence-electron chi connectivity index (χ1n) is 14.1. The number of sulfonamides is 1. The summed E-state index contributed by atoms with van der Waals surface area (Å²) >= 11 is 0. The quantitative estimate of drug-likeness (QED) is 0.169. The molecule has 0 radical (unpaired) electrons. The van der Waals surface area contributed by atoms with Gasteiger partial charge in [0.15, 0.2) is 0 Å².